The summed E-state index contributed by atoms with van der Waals surface area (Å²) < 4.78 is 6.11. The number of thioether (sulfide) groups is 1. The van der Waals surface area contributed by atoms with Crippen LogP contribution in [0.25, 0.3) is 4.91 Å². The topological polar surface area (TPSA) is 32.7 Å². The molecule has 0 bridgehead atoms. The molecule has 1 aliphatic heterocycles. The quantitative estimate of drug-likeness (QED) is 0.392. The highest BCUT2D eigenvalue weighted by Gasteiger charge is 2.27. The fourth-order valence-corrected chi connectivity index (χ4v) is 5.46. The van der Waals surface area contributed by atoms with Gasteiger partial charge in [-0.3, -0.25) is 4.90 Å². The number of likely N-dealkylation sites (tertiary alicyclic amines) is 1. The number of aliphatic hydroxyl groups is 1. The summed E-state index contributed by atoms with van der Waals surface area (Å²) in [6.45, 7) is 20.3. The van der Waals surface area contributed by atoms with Crippen LogP contribution < -0.4 is 4.74 Å². The Morgan fingerprint density at radius 2 is 1.85 bits per heavy atom. The van der Waals surface area contributed by atoms with E-state index in [0.717, 1.165) is 44.8 Å². The van der Waals surface area contributed by atoms with Crippen LogP contribution in [0.1, 0.15) is 86.1 Å². The fourth-order valence-electron chi connectivity index (χ4n) is 4.24. The van der Waals surface area contributed by atoms with Gasteiger partial charge in [0.25, 0.3) is 0 Å². The van der Waals surface area contributed by atoms with Gasteiger partial charge in [0.05, 0.1) is 6.61 Å². The van der Waals surface area contributed by atoms with Crippen molar-refractivity contribution in [2.75, 3.05) is 33.4 Å². The standard InChI is InChI=1S/C28H45NOS.CH4O/c1-8-20-30-26-16-12-11-15-25(26)27(22(4)9-2)31-24(10-3)21-29-18-13-14-23(17-19-29)28(5,6)7;1-2/h10-12,15-16,23H,8-9,13-14,17-21H2,1-7H3;2H,1H3/b24-10-,27-22?;. The second kappa shape index (κ2) is 15.6. The van der Waals surface area contributed by atoms with Crippen molar-refractivity contribution < 1.29 is 9.84 Å². The number of allylic oxidation sites excluding steroid dienone is 2. The Bertz CT molecular complexity index is 748. The third-order valence-corrected chi connectivity index (χ3v) is 7.89. The third-order valence-electron chi connectivity index (χ3n) is 6.49. The molecule has 1 aromatic rings. The monoisotopic (exact) mass is 475 g/mol. The third kappa shape index (κ3) is 9.88. The number of aliphatic hydroxyl groups excluding tert-OH is 1. The molecule has 0 aliphatic carbocycles. The van der Waals surface area contributed by atoms with Crippen LogP contribution in [0.15, 0.2) is 40.8 Å². The first-order chi connectivity index (χ1) is 15.8. The summed E-state index contributed by atoms with van der Waals surface area (Å²) in [5.74, 6) is 1.84. The van der Waals surface area contributed by atoms with Crippen LogP contribution in [-0.4, -0.2) is 43.4 Å². The fraction of sp³-hybridized carbons (Fsp3) is 0.655. The molecule has 2 rings (SSSR count). The lowest BCUT2D eigenvalue weighted by molar-refractivity contribution is 0.211. The van der Waals surface area contributed by atoms with E-state index in [4.69, 9.17) is 9.84 Å². The van der Waals surface area contributed by atoms with E-state index in [0.29, 0.717) is 5.41 Å². The Morgan fingerprint density at radius 1 is 1.15 bits per heavy atom. The van der Waals surface area contributed by atoms with Gasteiger partial charge in [-0.1, -0.05) is 76.2 Å². The molecule has 1 fully saturated rings. The van der Waals surface area contributed by atoms with Gasteiger partial charge in [-0.25, -0.2) is 0 Å². The zero-order valence-electron chi connectivity index (χ0n) is 22.5. The van der Waals surface area contributed by atoms with Crippen molar-refractivity contribution in [3.05, 3.63) is 46.4 Å². The van der Waals surface area contributed by atoms with E-state index in [1.807, 2.05) is 11.8 Å². The van der Waals surface area contributed by atoms with Crippen molar-refractivity contribution in [1.29, 1.82) is 0 Å². The normalized spacial score (nSPS) is 18.7. The molecule has 1 saturated heterocycles. The van der Waals surface area contributed by atoms with Crippen molar-refractivity contribution in [2.45, 2.75) is 80.6 Å². The van der Waals surface area contributed by atoms with Gasteiger partial charge < -0.3 is 9.84 Å². The number of para-hydroxylation sites is 1. The Kier molecular flexibility index (Phi) is 14.1. The second-order valence-corrected chi connectivity index (χ2v) is 11.1. The number of hydrogen-bond acceptors (Lipinski definition) is 4. The molecule has 1 heterocycles. The highest BCUT2D eigenvalue weighted by atomic mass is 32.2. The molecule has 1 atom stereocenters. The van der Waals surface area contributed by atoms with Crippen LogP contribution in [0.3, 0.4) is 0 Å². The minimum atomic E-state index is 0.421. The molecule has 1 unspecified atom stereocenters. The number of nitrogens with zero attached hydrogens (tertiary/aromatic N) is 1. The van der Waals surface area contributed by atoms with Crippen molar-refractivity contribution in [3.8, 4) is 5.75 Å². The SMILES string of the molecule is C/C=C(/CN1CCCC(C(C)(C)C)CC1)SC(=C(C)CC)c1ccccc1OCCC.CO. The first-order valence-electron chi connectivity index (χ1n) is 12.7. The lowest BCUT2D eigenvalue weighted by Crippen LogP contribution is -2.27. The molecule has 0 amide bonds. The average molecular weight is 476 g/mol. The van der Waals surface area contributed by atoms with Gasteiger partial charge in [-0.15, -0.1) is 0 Å². The molecule has 1 aliphatic rings. The van der Waals surface area contributed by atoms with Crippen LogP contribution >= 0.6 is 11.8 Å². The molecular weight excluding hydrogens is 426 g/mol. The van der Waals surface area contributed by atoms with Crippen LogP contribution in [-0.2, 0) is 0 Å². The van der Waals surface area contributed by atoms with Gasteiger partial charge >= 0.3 is 0 Å². The Hall–Kier alpha value is -1.23. The minimum absolute atomic E-state index is 0.421. The molecule has 188 valence electrons. The summed E-state index contributed by atoms with van der Waals surface area (Å²) in [5.41, 5.74) is 3.09. The van der Waals surface area contributed by atoms with Gasteiger partial charge in [-0.2, -0.15) is 0 Å². The van der Waals surface area contributed by atoms with Gasteiger partial charge in [0.15, 0.2) is 0 Å². The molecule has 0 saturated carbocycles. The Morgan fingerprint density at radius 3 is 2.45 bits per heavy atom. The number of rotatable bonds is 9. The Balaban J connectivity index is 0.00000265. The highest BCUT2D eigenvalue weighted by molar-refractivity contribution is 8.11. The van der Waals surface area contributed by atoms with Gasteiger partial charge in [0.2, 0.25) is 0 Å². The smallest absolute Gasteiger partial charge is 0.127 e. The van der Waals surface area contributed by atoms with Crippen LogP contribution in [0, 0.1) is 11.3 Å². The van der Waals surface area contributed by atoms with Crippen LogP contribution in [0.4, 0.5) is 0 Å². The van der Waals surface area contributed by atoms with E-state index in [9.17, 15) is 0 Å². The molecule has 33 heavy (non-hydrogen) atoms. The summed E-state index contributed by atoms with van der Waals surface area (Å²) in [5, 5.41) is 7.00. The highest BCUT2D eigenvalue weighted by Crippen LogP contribution is 2.42. The maximum Gasteiger partial charge on any atom is 0.127 e. The number of hydrogen-bond donors (Lipinski definition) is 1. The zero-order valence-corrected chi connectivity index (χ0v) is 23.4. The summed E-state index contributed by atoms with van der Waals surface area (Å²) >= 11 is 1.95. The average Bonchev–Trinajstić information content (AvgIpc) is 3.07. The summed E-state index contributed by atoms with van der Waals surface area (Å²) in [7, 11) is 1.00. The molecule has 3 nitrogen and oxygen atoms in total. The van der Waals surface area contributed by atoms with Crippen LogP contribution in [0.5, 0.6) is 5.75 Å². The van der Waals surface area contributed by atoms with Crippen molar-refractivity contribution in [1.82, 2.24) is 4.90 Å². The summed E-state index contributed by atoms with van der Waals surface area (Å²) in [4.78, 5) is 5.49. The maximum atomic E-state index is 7.00. The van der Waals surface area contributed by atoms with Gasteiger partial charge in [0, 0.05) is 24.1 Å². The predicted octanol–water partition coefficient (Wildman–Crippen LogP) is 8.01. The zero-order chi connectivity index (χ0) is 24.9. The van der Waals surface area contributed by atoms with Gasteiger partial charge in [-0.05, 0) is 81.3 Å². The van der Waals surface area contributed by atoms with Crippen LogP contribution in [0.2, 0.25) is 0 Å². The molecule has 4 heteroatoms. The molecule has 0 aromatic heterocycles. The molecular formula is C29H49NO2S. The van der Waals surface area contributed by atoms with Crippen molar-refractivity contribution >= 4 is 16.7 Å². The van der Waals surface area contributed by atoms with E-state index in [-0.39, 0.29) is 0 Å². The van der Waals surface area contributed by atoms with Gasteiger partial charge in [0.1, 0.15) is 5.75 Å². The number of benzene rings is 1. The first kappa shape index (κ1) is 29.8. The van der Waals surface area contributed by atoms with Crippen molar-refractivity contribution in [2.24, 2.45) is 11.3 Å². The Labute approximate surface area is 208 Å². The van der Waals surface area contributed by atoms with E-state index >= 15 is 0 Å². The predicted molar refractivity (Wildman–Crippen MR) is 148 cm³/mol. The molecule has 1 N–H and O–H groups in total. The largest absolute Gasteiger partial charge is 0.493 e. The second-order valence-electron chi connectivity index (χ2n) is 9.93. The van der Waals surface area contributed by atoms with E-state index in [1.54, 1.807) is 0 Å². The maximum absolute atomic E-state index is 7.00. The summed E-state index contributed by atoms with van der Waals surface area (Å²) in [6.07, 6.45) is 8.38. The lowest BCUT2D eigenvalue weighted by atomic mass is 9.77. The van der Waals surface area contributed by atoms with E-state index in [1.165, 1.54) is 53.3 Å². The van der Waals surface area contributed by atoms with E-state index < -0.39 is 0 Å². The van der Waals surface area contributed by atoms with Crippen molar-refractivity contribution in [3.63, 3.8) is 0 Å². The molecule has 0 spiro atoms. The number of ether oxygens (including phenoxy) is 1. The lowest BCUT2D eigenvalue weighted by Gasteiger charge is -2.30. The first-order valence-corrected chi connectivity index (χ1v) is 13.5. The molecule has 0 radical (unpaired) electrons. The summed E-state index contributed by atoms with van der Waals surface area (Å²) in [6, 6.07) is 8.55. The minimum Gasteiger partial charge on any atom is -0.493 e. The van der Waals surface area contributed by atoms with E-state index in [2.05, 4.69) is 83.7 Å². The molecule has 1 aromatic carbocycles.